The van der Waals surface area contributed by atoms with Gasteiger partial charge in [0.25, 0.3) is 0 Å². The molecule has 13 heavy (non-hydrogen) atoms. The Labute approximate surface area is 78.3 Å². The summed E-state index contributed by atoms with van der Waals surface area (Å²) in [6.45, 7) is 0. The molecule has 1 aromatic heterocycles. The van der Waals surface area contributed by atoms with Crippen molar-refractivity contribution >= 4 is 0 Å². The van der Waals surface area contributed by atoms with Gasteiger partial charge >= 0.3 is 0 Å². The monoisotopic (exact) mass is 177 g/mol. The summed E-state index contributed by atoms with van der Waals surface area (Å²) in [5.74, 6) is 0.748. The molecule has 2 aliphatic rings. The van der Waals surface area contributed by atoms with Gasteiger partial charge in [-0.25, -0.2) is 0 Å². The normalized spacial score (nSPS) is 38.0. The summed E-state index contributed by atoms with van der Waals surface area (Å²) in [6.07, 6.45) is 9.05. The molecule has 2 heteroatoms. The molecule has 2 fully saturated rings. The first-order valence-electron chi connectivity index (χ1n) is 5.20. The number of hydrogen-bond donors (Lipinski definition) is 1. The average molecular weight is 177 g/mol. The maximum Gasteiger partial charge on any atom is 0.0937 e. The molecule has 2 unspecified atom stereocenters. The molecule has 0 radical (unpaired) electrons. The first-order chi connectivity index (χ1) is 6.42. The molecule has 3 rings (SSSR count). The lowest BCUT2D eigenvalue weighted by Crippen LogP contribution is -2.37. The van der Waals surface area contributed by atoms with Crippen LogP contribution in [0.4, 0.5) is 0 Å². The molecule has 0 aliphatic carbocycles. The van der Waals surface area contributed by atoms with Crippen LogP contribution in [-0.4, -0.2) is 12.1 Å². The van der Waals surface area contributed by atoms with Crippen LogP contribution < -0.4 is 5.32 Å². The van der Waals surface area contributed by atoms with Gasteiger partial charge in [0, 0.05) is 12.1 Å². The minimum absolute atomic E-state index is 0.748. The fraction of sp³-hybridized carbons (Fsp3) is 0.636. The molecule has 0 saturated carbocycles. The van der Waals surface area contributed by atoms with Gasteiger partial charge in [-0.2, -0.15) is 0 Å². The van der Waals surface area contributed by atoms with E-state index in [9.17, 15) is 0 Å². The van der Waals surface area contributed by atoms with Crippen molar-refractivity contribution in [2.45, 2.75) is 43.7 Å². The van der Waals surface area contributed by atoms with E-state index in [0.717, 1.165) is 18.0 Å². The smallest absolute Gasteiger partial charge is 0.0937 e. The molecule has 3 heterocycles. The molecule has 2 nitrogen and oxygen atoms in total. The van der Waals surface area contributed by atoms with Gasteiger partial charge in [-0.15, -0.1) is 0 Å². The van der Waals surface area contributed by atoms with Gasteiger partial charge in [0.2, 0.25) is 0 Å². The van der Waals surface area contributed by atoms with Crippen molar-refractivity contribution in [2.24, 2.45) is 0 Å². The molecule has 2 bridgehead atoms. The van der Waals surface area contributed by atoms with Crippen LogP contribution in [0.5, 0.6) is 0 Å². The molecule has 2 atom stereocenters. The van der Waals surface area contributed by atoms with E-state index in [2.05, 4.69) is 11.4 Å². The summed E-state index contributed by atoms with van der Waals surface area (Å²) in [5, 5.41) is 3.65. The molecule has 1 N–H and O–H groups in total. The SMILES string of the molecule is c1cc(C2CC3CCC(C2)N3)co1. The summed E-state index contributed by atoms with van der Waals surface area (Å²) in [4.78, 5) is 0. The van der Waals surface area contributed by atoms with Crippen LogP contribution in [0.1, 0.15) is 37.2 Å². The molecule has 0 amide bonds. The molecule has 70 valence electrons. The highest BCUT2D eigenvalue weighted by molar-refractivity contribution is 5.16. The number of nitrogens with one attached hydrogen (secondary N) is 1. The highest BCUT2D eigenvalue weighted by atomic mass is 16.3. The predicted octanol–water partition coefficient (Wildman–Crippen LogP) is 2.28. The Balaban J connectivity index is 1.80. The van der Waals surface area contributed by atoms with Gasteiger partial charge in [-0.3, -0.25) is 0 Å². The van der Waals surface area contributed by atoms with E-state index in [1.807, 2.05) is 6.26 Å². The maximum absolute atomic E-state index is 5.14. The van der Waals surface area contributed by atoms with Crippen LogP contribution in [0.15, 0.2) is 23.0 Å². The van der Waals surface area contributed by atoms with Gasteiger partial charge in [-0.1, -0.05) is 0 Å². The number of rotatable bonds is 1. The van der Waals surface area contributed by atoms with Crippen molar-refractivity contribution in [1.29, 1.82) is 0 Å². The van der Waals surface area contributed by atoms with E-state index >= 15 is 0 Å². The number of piperidine rings is 1. The van der Waals surface area contributed by atoms with Gasteiger partial charge in [0.1, 0.15) is 0 Å². The Morgan fingerprint density at radius 3 is 2.62 bits per heavy atom. The summed E-state index contributed by atoms with van der Waals surface area (Å²) in [7, 11) is 0. The van der Waals surface area contributed by atoms with Crippen LogP contribution in [-0.2, 0) is 0 Å². The van der Waals surface area contributed by atoms with E-state index in [1.165, 1.54) is 31.2 Å². The first kappa shape index (κ1) is 7.63. The second-order valence-corrected chi connectivity index (χ2v) is 4.36. The largest absolute Gasteiger partial charge is 0.472 e. The number of fused-ring (bicyclic) bond motifs is 2. The quantitative estimate of drug-likeness (QED) is 0.712. The fourth-order valence-corrected chi connectivity index (χ4v) is 2.84. The van der Waals surface area contributed by atoms with Crippen molar-refractivity contribution in [3.05, 3.63) is 24.2 Å². The average Bonchev–Trinajstić information content (AvgIpc) is 2.75. The van der Waals surface area contributed by atoms with Gasteiger partial charge in [0.15, 0.2) is 0 Å². The van der Waals surface area contributed by atoms with E-state index in [4.69, 9.17) is 4.42 Å². The zero-order valence-corrected chi connectivity index (χ0v) is 7.70. The molecular weight excluding hydrogens is 162 g/mol. The van der Waals surface area contributed by atoms with E-state index in [1.54, 1.807) is 6.26 Å². The molecular formula is C11H15NO. The van der Waals surface area contributed by atoms with E-state index in [0.29, 0.717) is 0 Å². The Kier molecular flexibility index (Phi) is 1.69. The van der Waals surface area contributed by atoms with Crippen LogP contribution in [0.2, 0.25) is 0 Å². The minimum atomic E-state index is 0.748. The van der Waals surface area contributed by atoms with Crippen molar-refractivity contribution in [2.75, 3.05) is 0 Å². The van der Waals surface area contributed by atoms with Crippen LogP contribution >= 0.6 is 0 Å². The molecule has 1 aromatic rings. The summed E-state index contributed by atoms with van der Waals surface area (Å²) < 4.78 is 5.14. The summed E-state index contributed by atoms with van der Waals surface area (Å²) in [6, 6.07) is 3.67. The van der Waals surface area contributed by atoms with Crippen LogP contribution in [0.25, 0.3) is 0 Å². The van der Waals surface area contributed by atoms with Crippen LogP contribution in [0.3, 0.4) is 0 Å². The molecule has 0 aromatic carbocycles. The van der Waals surface area contributed by atoms with Crippen molar-refractivity contribution in [3.63, 3.8) is 0 Å². The Morgan fingerprint density at radius 1 is 1.23 bits per heavy atom. The van der Waals surface area contributed by atoms with Crippen molar-refractivity contribution < 1.29 is 4.42 Å². The Hall–Kier alpha value is -0.760. The lowest BCUT2D eigenvalue weighted by atomic mass is 9.88. The Bertz CT molecular complexity index is 268. The van der Waals surface area contributed by atoms with Gasteiger partial charge < -0.3 is 9.73 Å². The topological polar surface area (TPSA) is 25.2 Å². The van der Waals surface area contributed by atoms with Crippen molar-refractivity contribution in [3.8, 4) is 0 Å². The zero-order chi connectivity index (χ0) is 8.67. The van der Waals surface area contributed by atoms with Gasteiger partial charge in [-0.05, 0) is 43.2 Å². The van der Waals surface area contributed by atoms with Crippen LogP contribution in [0, 0.1) is 0 Å². The maximum atomic E-state index is 5.14. The third-order valence-corrected chi connectivity index (χ3v) is 3.49. The van der Waals surface area contributed by atoms with Crippen molar-refractivity contribution in [1.82, 2.24) is 5.32 Å². The molecule has 2 saturated heterocycles. The standard InChI is InChI=1S/C11H15NO/c1-2-11-6-9(5-10(1)12-11)8-3-4-13-7-8/h3-4,7,9-12H,1-2,5-6H2. The third kappa shape index (κ3) is 1.29. The minimum Gasteiger partial charge on any atom is -0.472 e. The lowest BCUT2D eigenvalue weighted by Gasteiger charge is -2.28. The lowest BCUT2D eigenvalue weighted by molar-refractivity contribution is 0.361. The Morgan fingerprint density at radius 2 is 2.00 bits per heavy atom. The zero-order valence-electron chi connectivity index (χ0n) is 7.70. The molecule has 0 spiro atoms. The molecule has 2 aliphatic heterocycles. The number of furan rings is 1. The first-order valence-corrected chi connectivity index (χ1v) is 5.20. The third-order valence-electron chi connectivity index (χ3n) is 3.49. The van der Waals surface area contributed by atoms with Gasteiger partial charge in [0.05, 0.1) is 12.5 Å². The summed E-state index contributed by atoms with van der Waals surface area (Å²) in [5.41, 5.74) is 1.40. The van der Waals surface area contributed by atoms with E-state index in [-0.39, 0.29) is 0 Å². The predicted molar refractivity (Wildman–Crippen MR) is 50.6 cm³/mol. The summed E-state index contributed by atoms with van der Waals surface area (Å²) >= 11 is 0. The van der Waals surface area contributed by atoms with E-state index < -0.39 is 0 Å². The second-order valence-electron chi connectivity index (χ2n) is 4.36. The number of hydrogen-bond acceptors (Lipinski definition) is 2. The highest BCUT2D eigenvalue weighted by Crippen LogP contribution is 2.37. The highest BCUT2D eigenvalue weighted by Gasteiger charge is 2.34. The fourth-order valence-electron chi connectivity index (χ4n) is 2.84. The second kappa shape index (κ2) is 2.88.